The van der Waals surface area contributed by atoms with Crippen LogP contribution in [0.15, 0.2) is 48.5 Å². The molecule has 0 radical (unpaired) electrons. The predicted molar refractivity (Wildman–Crippen MR) is 126 cm³/mol. The maximum Gasteiger partial charge on any atom is 0.416 e. The Balaban J connectivity index is 1.55. The molecule has 188 valence electrons. The number of halogens is 3. The summed E-state index contributed by atoms with van der Waals surface area (Å²) in [6.45, 7) is 4.73. The largest absolute Gasteiger partial charge is 0.496 e. The van der Waals surface area contributed by atoms with Crippen LogP contribution >= 0.6 is 0 Å². The van der Waals surface area contributed by atoms with E-state index in [9.17, 15) is 22.8 Å². The molecule has 0 aliphatic carbocycles. The smallest absolute Gasteiger partial charge is 0.416 e. The quantitative estimate of drug-likeness (QED) is 0.666. The topological polar surface area (TPSA) is 58.6 Å². The van der Waals surface area contributed by atoms with Gasteiger partial charge in [0.05, 0.1) is 18.1 Å². The number of amides is 2. The van der Waals surface area contributed by atoms with Crippen molar-refractivity contribution >= 4 is 11.8 Å². The minimum absolute atomic E-state index is 0.000204. The number of piperidine rings is 2. The number of likely N-dealkylation sites (tertiary alicyclic amines) is 1. The van der Waals surface area contributed by atoms with E-state index in [0.717, 1.165) is 23.4 Å². The first-order valence-corrected chi connectivity index (χ1v) is 11.8. The third kappa shape index (κ3) is 4.75. The fourth-order valence-corrected chi connectivity index (χ4v) is 5.62. The van der Waals surface area contributed by atoms with E-state index in [-0.39, 0.29) is 23.1 Å². The Morgan fingerprint density at radius 2 is 1.71 bits per heavy atom. The van der Waals surface area contributed by atoms with Crippen LogP contribution < -0.4 is 10.1 Å². The zero-order valence-electron chi connectivity index (χ0n) is 20.2. The van der Waals surface area contributed by atoms with Crippen LogP contribution in [0.25, 0.3) is 0 Å². The average Bonchev–Trinajstić information content (AvgIpc) is 2.84. The third-order valence-electron chi connectivity index (χ3n) is 7.76. The first-order valence-electron chi connectivity index (χ1n) is 11.8. The summed E-state index contributed by atoms with van der Waals surface area (Å²) in [7, 11) is 1.63. The van der Waals surface area contributed by atoms with E-state index in [0.29, 0.717) is 44.5 Å². The summed E-state index contributed by atoms with van der Waals surface area (Å²) >= 11 is 0. The molecule has 8 heteroatoms. The van der Waals surface area contributed by atoms with Crippen molar-refractivity contribution in [1.82, 2.24) is 10.2 Å². The highest BCUT2D eigenvalue weighted by Gasteiger charge is 2.48. The second-order valence-electron chi connectivity index (χ2n) is 10.1. The van der Waals surface area contributed by atoms with Gasteiger partial charge in [0.15, 0.2) is 0 Å². The van der Waals surface area contributed by atoms with Crippen LogP contribution in [0.3, 0.4) is 0 Å². The van der Waals surface area contributed by atoms with E-state index in [1.165, 1.54) is 6.07 Å². The van der Waals surface area contributed by atoms with Gasteiger partial charge in [0.1, 0.15) is 5.75 Å². The van der Waals surface area contributed by atoms with E-state index in [2.05, 4.69) is 5.32 Å². The molecule has 2 aliphatic heterocycles. The molecule has 1 spiro atoms. The molecule has 2 aliphatic rings. The first-order chi connectivity index (χ1) is 16.5. The van der Waals surface area contributed by atoms with Crippen LogP contribution in [-0.4, -0.2) is 43.5 Å². The lowest BCUT2D eigenvalue weighted by Gasteiger charge is -2.50. The second kappa shape index (κ2) is 9.21. The molecule has 2 amide bonds. The maximum atomic E-state index is 13.5. The Kier molecular flexibility index (Phi) is 6.60. The number of carbonyl (C=O) groups excluding carboxylic acids is 2. The van der Waals surface area contributed by atoms with Crippen LogP contribution in [0.5, 0.6) is 5.75 Å². The molecule has 0 unspecified atom stereocenters. The van der Waals surface area contributed by atoms with Gasteiger partial charge >= 0.3 is 6.18 Å². The highest BCUT2D eigenvalue weighted by Crippen LogP contribution is 2.51. The van der Waals surface area contributed by atoms with Crippen molar-refractivity contribution in [3.05, 3.63) is 65.2 Å². The standard InChI is InChI=1S/C27H31F3N2O3/c1-25(2,18-7-6-8-19(15-18)27(28,29)30)24(34)32-13-11-26(12-14-32)16-23(33)31-17-21(26)20-9-4-5-10-22(20)35-3/h4-10,15,21H,11-14,16-17H2,1-3H3,(H,31,33)/t21-/m0/s1. The normalized spacial score (nSPS) is 20.5. The summed E-state index contributed by atoms with van der Waals surface area (Å²) in [5, 5.41) is 2.98. The molecule has 4 rings (SSSR count). The summed E-state index contributed by atoms with van der Waals surface area (Å²) in [5.74, 6) is 0.614. The molecule has 2 heterocycles. The lowest BCUT2D eigenvalue weighted by molar-refractivity contribution is -0.141. The number of nitrogens with one attached hydrogen (secondary N) is 1. The average molecular weight is 489 g/mol. The highest BCUT2D eigenvalue weighted by molar-refractivity contribution is 5.87. The van der Waals surface area contributed by atoms with Gasteiger partial charge in [-0.25, -0.2) is 0 Å². The van der Waals surface area contributed by atoms with Gasteiger partial charge in [0, 0.05) is 32.0 Å². The third-order valence-corrected chi connectivity index (χ3v) is 7.76. The number of hydrogen-bond acceptors (Lipinski definition) is 3. The fourth-order valence-electron chi connectivity index (χ4n) is 5.62. The molecule has 35 heavy (non-hydrogen) atoms. The molecule has 0 aromatic heterocycles. The highest BCUT2D eigenvalue weighted by atomic mass is 19.4. The Labute approximate surface area is 203 Å². The van der Waals surface area contributed by atoms with Crippen molar-refractivity contribution in [2.24, 2.45) is 5.41 Å². The van der Waals surface area contributed by atoms with Crippen molar-refractivity contribution in [2.75, 3.05) is 26.7 Å². The number of para-hydroxylation sites is 1. The van der Waals surface area contributed by atoms with Gasteiger partial charge in [0.25, 0.3) is 0 Å². The molecular weight excluding hydrogens is 457 g/mol. The number of ether oxygens (including phenoxy) is 1. The Bertz CT molecular complexity index is 1100. The molecule has 2 aromatic rings. The summed E-state index contributed by atoms with van der Waals surface area (Å²) < 4.78 is 45.3. The molecule has 5 nitrogen and oxygen atoms in total. The fraction of sp³-hybridized carbons (Fsp3) is 0.481. The first kappa shape index (κ1) is 25.1. The lowest BCUT2D eigenvalue weighted by atomic mass is 9.62. The van der Waals surface area contributed by atoms with Gasteiger partial charge in [0.2, 0.25) is 11.8 Å². The SMILES string of the molecule is COc1ccccc1[C@@H]1CNC(=O)CC12CCN(C(=O)C(C)(C)c1cccc(C(F)(F)F)c1)CC2. The van der Waals surface area contributed by atoms with Crippen molar-refractivity contribution < 1.29 is 27.5 Å². The zero-order valence-corrected chi connectivity index (χ0v) is 20.2. The van der Waals surface area contributed by atoms with Crippen LogP contribution in [0.4, 0.5) is 13.2 Å². The van der Waals surface area contributed by atoms with E-state index in [1.807, 2.05) is 24.3 Å². The Morgan fingerprint density at radius 3 is 2.37 bits per heavy atom. The summed E-state index contributed by atoms with van der Waals surface area (Å²) in [4.78, 5) is 27.7. The van der Waals surface area contributed by atoms with Crippen LogP contribution in [0.2, 0.25) is 0 Å². The van der Waals surface area contributed by atoms with Crippen molar-refractivity contribution in [3.63, 3.8) is 0 Å². The molecule has 0 saturated carbocycles. The number of hydrogen-bond donors (Lipinski definition) is 1. The monoisotopic (exact) mass is 488 g/mol. The van der Waals surface area contributed by atoms with Crippen LogP contribution in [0, 0.1) is 5.41 Å². The van der Waals surface area contributed by atoms with E-state index >= 15 is 0 Å². The summed E-state index contributed by atoms with van der Waals surface area (Å²) in [6, 6.07) is 12.8. The molecule has 1 N–H and O–H groups in total. The predicted octanol–water partition coefficient (Wildman–Crippen LogP) is 4.90. The second-order valence-corrected chi connectivity index (χ2v) is 10.1. The number of alkyl halides is 3. The van der Waals surface area contributed by atoms with Gasteiger partial charge in [-0.1, -0.05) is 36.4 Å². The number of rotatable bonds is 4. The molecular formula is C27H31F3N2O3. The molecule has 1 atom stereocenters. The minimum atomic E-state index is -4.47. The molecule has 2 aromatic carbocycles. The van der Waals surface area contributed by atoms with E-state index in [4.69, 9.17) is 4.74 Å². The van der Waals surface area contributed by atoms with Crippen molar-refractivity contribution in [2.45, 2.75) is 50.6 Å². The molecule has 2 saturated heterocycles. The van der Waals surface area contributed by atoms with Crippen molar-refractivity contribution in [1.29, 1.82) is 0 Å². The van der Waals surface area contributed by atoms with Gasteiger partial charge in [-0.15, -0.1) is 0 Å². The molecule has 2 fully saturated rings. The number of benzene rings is 2. The summed E-state index contributed by atoms with van der Waals surface area (Å²) in [6.07, 6.45) is -2.84. The Hall–Kier alpha value is -3.03. The summed E-state index contributed by atoms with van der Waals surface area (Å²) in [5.41, 5.74) is -0.812. The van der Waals surface area contributed by atoms with E-state index in [1.54, 1.807) is 31.9 Å². The lowest BCUT2D eigenvalue weighted by Crippen LogP contribution is -2.55. The Morgan fingerprint density at radius 1 is 1.06 bits per heavy atom. The van der Waals surface area contributed by atoms with Crippen LogP contribution in [0.1, 0.15) is 55.7 Å². The van der Waals surface area contributed by atoms with Gasteiger partial charge in [-0.05, 0) is 55.4 Å². The minimum Gasteiger partial charge on any atom is -0.496 e. The van der Waals surface area contributed by atoms with Gasteiger partial charge in [-0.3, -0.25) is 9.59 Å². The van der Waals surface area contributed by atoms with Gasteiger partial charge < -0.3 is 15.0 Å². The molecule has 0 bridgehead atoms. The van der Waals surface area contributed by atoms with E-state index < -0.39 is 17.2 Å². The maximum absolute atomic E-state index is 13.5. The number of carbonyl (C=O) groups is 2. The number of nitrogens with zero attached hydrogens (tertiary/aromatic N) is 1. The number of methoxy groups -OCH3 is 1. The van der Waals surface area contributed by atoms with Crippen molar-refractivity contribution in [3.8, 4) is 5.75 Å². The van der Waals surface area contributed by atoms with Crippen LogP contribution in [-0.2, 0) is 21.2 Å². The van der Waals surface area contributed by atoms with Gasteiger partial charge in [-0.2, -0.15) is 13.2 Å². The zero-order chi connectivity index (χ0) is 25.4.